The first-order valence-corrected chi connectivity index (χ1v) is 7.35. The van der Waals surface area contributed by atoms with Crippen LogP contribution in [0.4, 0.5) is 0 Å². The Kier molecular flexibility index (Phi) is 5.37. The smallest absolute Gasteiger partial charge is 0.0702 e. The van der Waals surface area contributed by atoms with Gasteiger partial charge in [0.05, 0.1) is 6.10 Å². The molecule has 1 saturated heterocycles. The Labute approximate surface area is 116 Å². The Morgan fingerprint density at radius 2 is 2.21 bits per heavy atom. The average molecular weight is 262 g/mol. The minimum atomic E-state index is 0.0987. The van der Waals surface area contributed by atoms with Gasteiger partial charge in [-0.05, 0) is 44.4 Å². The maximum absolute atomic E-state index is 6.36. The zero-order valence-electron chi connectivity index (χ0n) is 12.1. The van der Waals surface area contributed by atoms with Crippen LogP contribution < -0.4 is 5.73 Å². The number of piperidine rings is 1. The molecule has 0 amide bonds. The second kappa shape index (κ2) is 7.04. The highest BCUT2D eigenvalue weighted by atomic mass is 16.5. The van der Waals surface area contributed by atoms with Crippen LogP contribution in [0.25, 0.3) is 0 Å². The maximum Gasteiger partial charge on any atom is 0.0702 e. The van der Waals surface area contributed by atoms with Gasteiger partial charge in [0.1, 0.15) is 0 Å². The summed E-state index contributed by atoms with van der Waals surface area (Å²) < 4.78 is 5.74. The largest absolute Gasteiger partial charge is 0.377 e. The Balaban J connectivity index is 1.91. The van der Waals surface area contributed by atoms with Crippen molar-refractivity contribution >= 4 is 0 Å². The predicted molar refractivity (Wildman–Crippen MR) is 79.2 cm³/mol. The minimum Gasteiger partial charge on any atom is -0.377 e. The Bertz CT molecular complexity index is 392. The highest BCUT2D eigenvalue weighted by Crippen LogP contribution is 2.19. The minimum absolute atomic E-state index is 0.0987. The third kappa shape index (κ3) is 4.03. The van der Waals surface area contributed by atoms with Crippen LogP contribution in [-0.4, -0.2) is 37.2 Å². The number of likely N-dealkylation sites (tertiary alicyclic amines) is 1. The summed E-state index contributed by atoms with van der Waals surface area (Å²) in [7, 11) is 0. The van der Waals surface area contributed by atoms with E-state index in [4.69, 9.17) is 10.5 Å². The fourth-order valence-corrected chi connectivity index (χ4v) is 2.93. The molecule has 1 aliphatic heterocycles. The van der Waals surface area contributed by atoms with Crippen LogP contribution in [0.2, 0.25) is 0 Å². The van der Waals surface area contributed by atoms with Crippen molar-refractivity contribution < 1.29 is 4.74 Å². The van der Waals surface area contributed by atoms with Gasteiger partial charge in [0.2, 0.25) is 0 Å². The van der Waals surface area contributed by atoms with Crippen molar-refractivity contribution in [3.05, 3.63) is 35.4 Å². The van der Waals surface area contributed by atoms with Crippen LogP contribution in [-0.2, 0) is 4.74 Å². The Morgan fingerprint density at radius 1 is 1.42 bits per heavy atom. The van der Waals surface area contributed by atoms with Crippen molar-refractivity contribution in [1.82, 2.24) is 4.90 Å². The molecular formula is C16H26N2O. The number of hydrogen-bond donors (Lipinski definition) is 1. The van der Waals surface area contributed by atoms with E-state index in [0.717, 1.165) is 26.2 Å². The summed E-state index contributed by atoms with van der Waals surface area (Å²) in [6, 6.07) is 8.51. The lowest BCUT2D eigenvalue weighted by molar-refractivity contribution is 0.00448. The number of benzene rings is 1. The van der Waals surface area contributed by atoms with Crippen LogP contribution in [0.5, 0.6) is 0 Å². The van der Waals surface area contributed by atoms with E-state index in [-0.39, 0.29) is 6.04 Å². The zero-order valence-corrected chi connectivity index (χ0v) is 12.1. The highest BCUT2D eigenvalue weighted by Gasteiger charge is 2.22. The topological polar surface area (TPSA) is 38.5 Å². The highest BCUT2D eigenvalue weighted by molar-refractivity contribution is 5.28. The normalized spacial score (nSPS) is 22.4. The van der Waals surface area contributed by atoms with Crippen molar-refractivity contribution in [2.24, 2.45) is 5.73 Å². The van der Waals surface area contributed by atoms with E-state index in [1.165, 1.54) is 24.0 Å². The molecule has 1 aliphatic rings. The van der Waals surface area contributed by atoms with Gasteiger partial charge in [-0.1, -0.05) is 24.3 Å². The van der Waals surface area contributed by atoms with Crippen LogP contribution in [0.15, 0.2) is 24.3 Å². The molecule has 106 valence electrons. The first-order chi connectivity index (χ1) is 9.20. The molecule has 1 fully saturated rings. The summed E-state index contributed by atoms with van der Waals surface area (Å²) in [6.45, 7) is 8.10. The van der Waals surface area contributed by atoms with Gasteiger partial charge in [0, 0.05) is 25.7 Å². The molecule has 0 radical (unpaired) electrons. The van der Waals surface area contributed by atoms with Crippen LogP contribution in [0.3, 0.4) is 0 Å². The van der Waals surface area contributed by atoms with E-state index in [9.17, 15) is 0 Å². The van der Waals surface area contributed by atoms with Gasteiger partial charge in [-0.15, -0.1) is 0 Å². The van der Waals surface area contributed by atoms with Crippen molar-refractivity contribution in [1.29, 1.82) is 0 Å². The molecule has 2 rings (SSSR count). The second-order valence-electron chi connectivity index (χ2n) is 5.44. The summed E-state index contributed by atoms with van der Waals surface area (Å²) in [6.07, 6.45) is 2.79. The fraction of sp³-hybridized carbons (Fsp3) is 0.625. The van der Waals surface area contributed by atoms with Crippen molar-refractivity contribution in [2.45, 2.75) is 38.8 Å². The zero-order chi connectivity index (χ0) is 13.7. The summed E-state index contributed by atoms with van der Waals surface area (Å²) in [5, 5.41) is 0. The van der Waals surface area contributed by atoms with Crippen molar-refractivity contribution in [2.75, 3.05) is 26.2 Å². The lowest BCUT2D eigenvalue weighted by atomic mass is 10.0. The monoisotopic (exact) mass is 262 g/mol. The molecule has 2 N–H and O–H groups in total. The molecular weight excluding hydrogens is 236 g/mol. The van der Waals surface area contributed by atoms with E-state index in [0.29, 0.717) is 6.10 Å². The van der Waals surface area contributed by atoms with E-state index in [1.807, 2.05) is 0 Å². The quantitative estimate of drug-likeness (QED) is 0.886. The molecule has 19 heavy (non-hydrogen) atoms. The van der Waals surface area contributed by atoms with Gasteiger partial charge in [-0.2, -0.15) is 0 Å². The molecule has 3 heteroatoms. The van der Waals surface area contributed by atoms with Crippen molar-refractivity contribution in [3.63, 3.8) is 0 Å². The maximum atomic E-state index is 6.36. The molecule has 0 bridgehead atoms. The number of rotatable bonds is 5. The molecule has 0 aliphatic carbocycles. The number of aryl methyl sites for hydroxylation is 1. The van der Waals surface area contributed by atoms with E-state index in [1.54, 1.807) is 0 Å². The molecule has 1 aromatic rings. The second-order valence-corrected chi connectivity index (χ2v) is 5.44. The standard InChI is InChI=1S/C16H26N2O/c1-3-19-14-8-6-10-18(11-14)12-16(17)15-9-5-4-7-13(15)2/h4-5,7,9,14,16H,3,6,8,10-12,17H2,1-2H3. The van der Waals surface area contributed by atoms with Gasteiger partial charge >= 0.3 is 0 Å². The van der Waals surface area contributed by atoms with E-state index in [2.05, 4.69) is 43.0 Å². The van der Waals surface area contributed by atoms with Gasteiger partial charge in [-0.3, -0.25) is 4.90 Å². The number of nitrogens with zero attached hydrogens (tertiary/aromatic N) is 1. The number of hydrogen-bond acceptors (Lipinski definition) is 3. The van der Waals surface area contributed by atoms with E-state index < -0.39 is 0 Å². The van der Waals surface area contributed by atoms with Crippen molar-refractivity contribution in [3.8, 4) is 0 Å². The predicted octanol–water partition coefficient (Wildman–Crippen LogP) is 2.50. The Hall–Kier alpha value is -0.900. The first-order valence-electron chi connectivity index (χ1n) is 7.35. The SMILES string of the molecule is CCOC1CCCN(CC(N)c2ccccc2C)C1. The summed E-state index contributed by atoms with van der Waals surface area (Å²) in [4.78, 5) is 2.45. The molecule has 0 saturated carbocycles. The fourth-order valence-electron chi connectivity index (χ4n) is 2.93. The molecule has 0 aromatic heterocycles. The van der Waals surface area contributed by atoms with Gasteiger partial charge in [0.15, 0.2) is 0 Å². The molecule has 2 unspecified atom stereocenters. The van der Waals surface area contributed by atoms with Crippen LogP contribution >= 0.6 is 0 Å². The molecule has 1 aromatic carbocycles. The lowest BCUT2D eigenvalue weighted by Gasteiger charge is -2.34. The van der Waals surface area contributed by atoms with Gasteiger partial charge in [-0.25, -0.2) is 0 Å². The summed E-state index contributed by atoms with van der Waals surface area (Å²) in [5.41, 5.74) is 8.91. The third-order valence-electron chi connectivity index (χ3n) is 3.91. The lowest BCUT2D eigenvalue weighted by Crippen LogP contribution is -2.43. The van der Waals surface area contributed by atoms with Crippen LogP contribution in [0, 0.1) is 6.92 Å². The summed E-state index contributed by atoms with van der Waals surface area (Å²) in [5.74, 6) is 0. The summed E-state index contributed by atoms with van der Waals surface area (Å²) >= 11 is 0. The third-order valence-corrected chi connectivity index (χ3v) is 3.91. The van der Waals surface area contributed by atoms with Gasteiger partial charge < -0.3 is 10.5 Å². The van der Waals surface area contributed by atoms with E-state index >= 15 is 0 Å². The van der Waals surface area contributed by atoms with Crippen LogP contribution in [0.1, 0.15) is 36.9 Å². The number of nitrogens with two attached hydrogens (primary N) is 1. The molecule has 1 heterocycles. The average Bonchev–Trinajstić information content (AvgIpc) is 2.40. The molecule has 2 atom stereocenters. The molecule has 0 spiro atoms. The van der Waals surface area contributed by atoms with Gasteiger partial charge in [0.25, 0.3) is 0 Å². The number of ether oxygens (including phenoxy) is 1. The molecule has 3 nitrogen and oxygen atoms in total. The Morgan fingerprint density at radius 3 is 2.95 bits per heavy atom. The first kappa shape index (κ1) is 14.5.